The number of nitrogens with one attached hydrogen (secondary N) is 1. The lowest BCUT2D eigenvalue weighted by molar-refractivity contribution is -0.142. The number of thiazole rings is 1. The van der Waals surface area contributed by atoms with Crippen molar-refractivity contribution in [1.82, 2.24) is 4.98 Å². The van der Waals surface area contributed by atoms with E-state index >= 15 is 0 Å². The van der Waals surface area contributed by atoms with Crippen LogP contribution in [0.4, 0.5) is 22.7 Å². The summed E-state index contributed by atoms with van der Waals surface area (Å²) < 4.78 is 58.0. The fourth-order valence-corrected chi connectivity index (χ4v) is 2.82. The Morgan fingerprint density at radius 2 is 2.15 bits per heavy atom. The van der Waals surface area contributed by atoms with Crippen LogP contribution in [0.5, 0.6) is 0 Å². The number of ether oxygens (including phenoxy) is 1. The predicted molar refractivity (Wildman–Crippen MR) is 89.8 cm³/mol. The zero-order valence-electron chi connectivity index (χ0n) is 13.9. The summed E-state index contributed by atoms with van der Waals surface area (Å²) in [6.07, 6.45) is -3.97. The maximum atomic E-state index is 13.8. The van der Waals surface area contributed by atoms with E-state index in [0.717, 1.165) is 29.7 Å². The maximum absolute atomic E-state index is 13.8. The number of halogens is 4. The molecule has 1 heterocycles. The monoisotopic (exact) mass is 389 g/mol. The fourth-order valence-electron chi connectivity index (χ4n) is 2.16. The van der Waals surface area contributed by atoms with E-state index in [9.17, 15) is 22.4 Å². The Labute approximate surface area is 150 Å². The Hall–Kier alpha value is -2.49. The van der Waals surface area contributed by atoms with Crippen molar-refractivity contribution in [1.29, 1.82) is 0 Å². The minimum atomic E-state index is -4.71. The van der Waals surface area contributed by atoms with Gasteiger partial charge >= 0.3 is 12.1 Å². The lowest BCUT2D eigenvalue weighted by Gasteiger charge is -2.13. The van der Waals surface area contributed by atoms with E-state index in [1.54, 1.807) is 12.3 Å². The molecule has 10 heteroatoms. The molecule has 0 amide bonds. The van der Waals surface area contributed by atoms with E-state index in [1.165, 1.54) is 6.92 Å². The quantitative estimate of drug-likeness (QED) is 0.349. The standard InChI is InChI=1S/C16H15F4N3O2S/c1-3-25-13(24)6-10-8-26-15(22-10)23-21-7-11-12(17)5-4-9(2)14(11)16(18,19)20/h4-5,7-8H,3,6H2,1-2H3,(H,22,23). The number of aromatic nitrogens is 1. The van der Waals surface area contributed by atoms with Gasteiger partial charge in [0.05, 0.1) is 30.5 Å². The molecule has 140 valence electrons. The third-order valence-corrected chi connectivity index (χ3v) is 4.02. The average molecular weight is 389 g/mol. The maximum Gasteiger partial charge on any atom is 0.417 e. The highest BCUT2D eigenvalue weighted by molar-refractivity contribution is 7.13. The number of esters is 1. The molecular formula is C16H15F4N3O2S. The molecule has 0 unspecified atom stereocenters. The molecular weight excluding hydrogens is 374 g/mol. The van der Waals surface area contributed by atoms with Crippen molar-refractivity contribution in [3.8, 4) is 0 Å². The van der Waals surface area contributed by atoms with Gasteiger partial charge in [-0.05, 0) is 25.5 Å². The lowest BCUT2D eigenvalue weighted by atomic mass is 10.0. The van der Waals surface area contributed by atoms with Crippen molar-refractivity contribution in [3.63, 3.8) is 0 Å². The molecule has 0 spiro atoms. The van der Waals surface area contributed by atoms with E-state index in [-0.39, 0.29) is 23.7 Å². The van der Waals surface area contributed by atoms with E-state index in [4.69, 9.17) is 4.74 Å². The zero-order chi connectivity index (χ0) is 19.3. The fraction of sp³-hybridized carbons (Fsp3) is 0.312. The van der Waals surface area contributed by atoms with Gasteiger partial charge < -0.3 is 4.74 Å². The number of anilines is 1. The van der Waals surface area contributed by atoms with Crippen LogP contribution in [0.2, 0.25) is 0 Å². The Kier molecular flexibility index (Phi) is 6.30. The van der Waals surface area contributed by atoms with Gasteiger partial charge in [0, 0.05) is 10.9 Å². The number of nitrogens with zero attached hydrogens (tertiary/aromatic N) is 2. The number of aryl methyl sites for hydroxylation is 1. The minimum absolute atomic E-state index is 0.0273. The molecule has 0 saturated carbocycles. The summed E-state index contributed by atoms with van der Waals surface area (Å²) in [6.45, 7) is 3.18. The first-order valence-electron chi connectivity index (χ1n) is 7.47. The number of hydrazone groups is 1. The molecule has 0 radical (unpaired) electrons. The lowest BCUT2D eigenvalue weighted by Crippen LogP contribution is -2.13. The van der Waals surface area contributed by atoms with Gasteiger partial charge in [-0.2, -0.15) is 18.3 Å². The molecule has 0 aliphatic heterocycles. The van der Waals surface area contributed by atoms with Gasteiger partial charge in [-0.1, -0.05) is 6.07 Å². The van der Waals surface area contributed by atoms with Gasteiger partial charge in [-0.25, -0.2) is 9.37 Å². The van der Waals surface area contributed by atoms with Crippen molar-refractivity contribution < 1.29 is 27.1 Å². The topological polar surface area (TPSA) is 63.6 Å². The van der Waals surface area contributed by atoms with Crippen LogP contribution < -0.4 is 5.43 Å². The van der Waals surface area contributed by atoms with Gasteiger partial charge in [0.25, 0.3) is 0 Å². The summed E-state index contributed by atoms with van der Waals surface area (Å²) in [5, 5.41) is 5.47. The Morgan fingerprint density at radius 1 is 1.42 bits per heavy atom. The van der Waals surface area contributed by atoms with Crippen LogP contribution in [-0.4, -0.2) is 23.8 Å². The molecule has 1 N–H and O–H groups in total. The smallest absolute Gasteiger partial charge is 0.417 e. The Bertz CT molecular complexity index is 818. The summed E-state index contributed by atoms with van der Waals surface area (Å²) in [7, 11) is 0. The number of alkyl halides is 3. The Balaban J connectivity index is 2.14. The van der Waals surface area contributed by atoms with Gasteiger partial charge in [0.2, 0.25) is 5.13 Å². The highest BCUT2D eigenvalue weighted by atomic mass is 32.1. The molecule has 2 aromatic rings. The number of carbonyl (C=O) groups excluding carboxylic acids is 1. The number of benzene rings is 1. The van der Waals surface area contributed by atoms with E-state index in [1.807, 2.05) is 0 Å². The molecule has 1 aromatic heterocycles. The Morgan fingerprint density at radius 3 is 2.81 bits per heavy atom. The summed E-state index contributed by atoms with van der Waals surface area (Å²) in [6, 6.07) is 2.01. The highest BCUT2D eigenvalue weighted by Crippen LogP contribution is 2.35. The van der Waals surface area contributed by atoms with Gasteiger partial charge in [0.15, 0.2) is 0 Å². The number of carbonyl (C=O) groups is 1. The third kappa shape index (κ3) is 5.01. The summed E-state index contributed by atoms with van der Waals surface area (Å²) in [5.41, 5.74) is 1.03. The van der Waals surface area contributed by atoms with Gasteiger partial charge in [0.1, 0.15) is 5.82 Å². The molecule has 0 bridgehead atoms. The van der Waals surface area contributed by atoms with Crippen molar-refractivity contribution >= 4 is 28.7 Å². The van der Waals surface area contributed by atoms with Crippen LogP contribution in [0.15, 0.2) is 22.6 Å². The first kappa shape index (κ1) is 19.8. The van der Waals surface area contributed by atoms with Crippen molar-refractivity contribution in [2.45, 2.75) is 26.4 Å². The first-order chi connectivity index (χ1) is 12.2. The van der Waals surface area contributed by atoms with E-state index in [0.29, 0.717) is 5.69 Å². The van der Waals surface area contributed by atoms with Gasteiger partial charge in [-0.3, -0.25) is 10.2 Å². The molecule has 1 aromatic carbocycles. The summed E-state index contributed by atoms with van der Waals surface area (Å²) in [4.78, 5) is 15.4. The molecule has 0 fully saturated rings. The predicted octanol–water partition coefficient (Wildman–Crippen LogP) is 4.16. The van der Waals surface area contributed by atoms with Crippen LogP contribution in [0.3, 0.4) is 0 Å². The molecule has 26 heavy (non-hydrogen) atoms. The molecule has 0 aliphatic carbocycles. The summed E-state index contributed by atoms with van der Waals surface area (Å²) >= 11 is 1.10. The summed E-state index contributed by atoms with van der Waals surface area (Å²) in [5.74, 6) is -1.47. The van der Waals surface area contributed by atoms with Gasteiger partial charge in [-0.15, -0.1) is 11.3 Å². The molecule has 5 nitrogen and oxygen atoms in total. The first-order valence-corrected chi connectivity index (χ1v) is 8.35. The number of rotatable bonds is 6. The van der Waals surface area contributed by atoms with Crippen LogP contribution in [0, 0.1) is 12.7 Å². The number of hydrogen-bond donors (Lipinski definition) is 1. The minimum Gasteiger partial charge on any atom is -0.466 e. The van der Waals surface area contributed by atoms with Crippen LogP contribution in [0.25, 0.3) is 0 Å². The SMILES string of the molecule is CCOC(=O)Cc1csc(NN=Cc2c(F)ccc(C)c2C(F)(F)F)n1. The largest absolute Gasteiger partial charge is 0.466 e. The average Bonchev–Trinajstić information content (AvgIpc) is 2.97. The van der Waals surface area contributed by atoms with E-state index in [2.05, 4.69) is 15.5 Å². The van der Waals surface area contributed by atoms with Crippen LogP contribution in [-0.2, 0) is 22.1 Å². The molecule has 0 aliphatic rings. The second-order valence-electron chi connectivity index (χ2n) is 5.15. The second kappa shape index (κ2) is 8.26. The molecule has 2 rings (SSSR count). The van der Waals surface area contributed by atoms with Crippen LogP contribution >= 0.6 is 11.3 Å². The molecule has 0 atom stereocenters. The number of hydrogen-bond acceptors (Lipinski definition) is 6. The highest BCUT2D eigenvalue weighted by Gasteiger charge is 2.36. The second-order valence-corrected chi connectivity index (χ2v) is 6.00. The van der Waals surface area contributed by atoms with Crippen molar-refractivity contribution in [2.24, 2.45) is 5.10 Å². The van der Waals surface area contributed by atoms with Crippen molar-refractivity contribution in [3.05, 3.63) is 45.7 Å². The third-order valence-electron chi connectivity index (χ3n) is 3.22. The van der Waals surface area contributed by atoms with E-state index < -0.39 is 29.1 Å². The zero-order valence-corrected chi connectivity index (χ0v) is 14.7. The normalized spacial score (nSPS) is 11.8. The molecule has 0 saturated heterocycles. The van der Waals surface area contributed by atoms with Crippen LogP contribution in [0.1, 0.15) is 29.3 Å². The van der Waals surface area contributed by atoms with Crippen molar-refractivity contribution in [2.75, 3.05) is 12.0 Å².